The number of benzene rings is 1. The van der Waals surface area contributed by atoms with Crippen LogP contribution in [0.25, 0.3) is 5.57 Å². The summed E-state index contributed by atoms with van der Waals surface area (Å²) in [4.78, 5) is 0. The van der Waals surface area contributed by atoms with Crippen molar-refractivity contribution in [2.45, 2.75) is 51.9 Å². The Morgan fingerprint density at radius 2 is 1.60 bits per heavy atom. The molecule has 2 aliphatic rings. The topological polar surface area (TPSA) is 20.2 Å². The molecule has 1 unspecified atom stereocenters. The zero-order chi connectivity index (χ0) is 13.9. The Morgan fingerprint density at radius 3 is 2.20 bits per heavy atom. The molecule has 20 heavy (non-hydrogen) atoms. The predicted octanol–water partition coefficient (Wildman–Crippen LogP) is 5.40. The minimum absolute atomic E-state index is 0.361. The molecule has 2 aliphatic carbocycles. The molecule has 1 atom stereocenters. The molecule has 1 fully saturated rings. The molecular weight excluding hydrogens is 244 g/mol. The highest BCUT2D eigenvalue weighted by Crippen LogP contribution is 2.41. The zero-order valence-corrected chi connectivity index (χ0v) is 12.5. The van der Waals surface area contributed by atoms with Gasteiger partial charge in [0.25, 0.3) is 0 Å². The highest BCUT2D eigenvalue weighted by atomic mass is 16.3. The number of aromatic hydroxyl groups is 1. The van der Waals surface area contributed by atoms with Gasteiger partial charge in [0.15, 0.2) is 0 Å². The Morgan fingerprint density at radius 1 is 0.900 bits per heavy atom. The average Bonchev–Trinajstić information content (AvgIpc) is 2.49. The zero-order valence-electron chi connectivity index (χ0n) is 12.5. The molecule has 3 rings (SSSR count). The van der Waals surface area contributed by atoms with Crippen LogP contribution in [0.3, 0.4) is 0 Å². The van der Waals surface area contributed by atoms with Gasteiger partial charge in [-0.2, -0.15) is 0 Å². The van der Waals surface area contributed by atoms with Crippen molar-refractivity contribution in [3.05, 3.63) is 35.9 Å². The standard InChI is InChI=1S/C19H26O/c1-14-2-4-15(5-3-14)16-6-8-17(9-7-16)18-10-12-19(20)13-11-18/h8,10-16,20H,2-7,9H2,1H3. The van der Waals surface area contributed by atoms with E-state index in [0.717, 1.165) is 17.8 Å². The maximum atomic E-state index is 9.37. The molecule has 1 heteroatoms. The van der Waals surface area contributed by atoms with E-state index in [2.05, 4.69) is 13.0 Å². The van der Waals surface area contributed by atoms with E-state index in [-0.39, 0.29) is 0 Å². The molecule has 0 amide bonds. The van der Waals surface area contributed by atoms with Crippen LogP contribution in [0.4, 0.5) is 0 Å². The summed E-state index contributed by atoms with van der Waals surface area (Å²) in [7, 11) is 0. The van der Waals surface area contributed by atoms with Crippen LogP contribution in [0.2, 0.25) is 0 Å². The highest BCUT2D eigenvalue weighted by Gasteiger charge is 2.27. The second kappa shape index (κ2) is 6.03. The molecular formula is C19H26O. The summed E-state index contributed by atoms with van der Waals surface area (Å²) in [5, 5.41) is 9.37. The number of phenolic OH excluding ortho intramolecular Hbond substituents is 1. The van der Waals surface area contributed by atoms with E-state index in [4.69, 9.17) is 0 Å². The SMILES string of the molecule is CC1CCC(C2CC=C(c3ccc(O)cc3)CC2)CC1. The largest absolute Gasteiger partial charge is 0.508 e. The number of allylic oxidation sites excluding steroid dienone is 2. The second-order valence-corrected chi connectivity index (χ2v) is 6.83. The molecule has 0 heterocycles. The Hall–Kier alpha value is -1.24. The Bertz CT molecular complexity index is 463. The lowest BCUT2D eigenvalue weighted by molar-refractivity contribution is 0.202. The first-order valence-electron chi connectivity index (χ1n) is 8.21. The van der Waals surface area contributed by atoms with Crippen LogP contribution in [0.5, 0.6) is 5.75 Å². The van der Waals surface area contributed by atoms with Gasteiger partial charge in [0.05, 0.1) is 0 Å². The van der Waals surface area contributed by atoms with Gasteiger partial charge in [-0.3, -0.25) is 0 Å². The minimum atomic E-state index is 0.361. The van der Waals surface area contributed by atoms with Crippen molar-refractivity contribution in [3.63, 3.8) is 0 Å². The third kappa shape index (κ3) is 3.08. The smallest absolute Gasteiger partial charge is 0.115 e. The van der Waals surface area contributed by atoms with Crippen LogP contribution in [0, 0.1) is 17.8 Å². The van der Waals surface area contributed by atoms with E-state index in [1.54, 1.807) is 12.1 Å². The van der Waals surface area contributed by atoms with Gasteiger partial charge < -0.3 is 5.11 Å². The van der Waals surface area contributed by atoms with Gasteiger partial charge in [-0.25, -0.2) is 0 Å². The van der Waals surface area contributed by atoms with E-state index in [1.807, 2.05) is 12.1 Å². The first-order chi connectivity index (χ1) is 9.72. The van der Waals surface area contributed by atoms with E-state index in [0.29, 0.717) is 5.75 Å². The van der Waals surface area contributed by atoms with Crippen molar-refractivity contribution in [3.8, 4) is 5.75 Å². The lowest BCUT2D eigenvalue weighted by Gasteiger charge is -2.34. The fraction of sp³-hybridized carbons (Fsp3) is 0.579. The van der Waals surface area contributed by atoms with Crippen LogP contribution in [-0.2, 0) is 0 Å². The van der Waals surface area contributed by atoms with Crippen molar-refractivity contribution < 1.29 is 5.11 Å². The van der Waals surface area contributed by atoms with E-state index in [1.165, 1.54) is 56.1 Å². The Balaban J connectivity index is 1.61. The fourth-order valence-electron chi connectivity index (χ4n) is 3.98. The molecule has 1 nitrogen and oxygen atoms in total. The summed E-state index contributed by atoms with van der Waals surface area (Å²) in [5.74, 6) is 3.21. The van der Waals surface area contributed by atoms with Gasteiger partial charge in [0.1, 0.15) is 5.75 Å². The van der Waals surface area contributed by atoms with Gasteiger partial charge in [-0.15, -0.1) is 0 Å². The summed E-state index contributed by atoms with van der Waals surface area (Å²) in [5.41, 5.74) is 2.77. The third-order valence-electron chi connectivity index (χ3n) is 5.42. The van der Waals surface area contributed by atoms with Crippen molar-refractivity contribution in [2.24, 2.45) is 17.8 Å². The lowest BCUT2D eigenvalue weighted by atomic mass is 9.71. The molecule has 0 bridgehead atoms. The molecule has 108 valence electrons. The Kier molecular flexibility index (Phi) is 4.14. The molecule has 1 aromatic carbocycles. The number of phenols is 1. The molecule has 0 spiro atoms. The first kappa shape index (κ1) is 13.7. The van der Waals surface area contributed by atoms with Crippen molar-refractivity contribution in [1.29, 1.82) is 0 Å². The molecule has 0 aromatic heterocycles. The molecule has 0 aliphatic heterocycles. The minimum Gasteiger partial charge on any atom is -0.508 e. The van der Waals surface area contributed by atoms with Gasteiger partial charge in [-0.05, 0) is 73.1 Å². The normalized spacial score (nSPS) is 30.9. The predicted molar refractivity (Wildman–Crippen MR) is 84.5 cm³/mol. The number of hydrogen-bond donors (Lipinski definition) is 1. The van der Waals surface area contributed by atoms with Crippen molar-refractivity contribution >= 4 is 5.57 Å². The molecule has 1 saturated carbocycles. The third-order valence-corrected chi connectivity index (χ3v) is 5.42. The Labute approximate surface area is 122 Å². The summed E-state index contributed by atoms with van der Waals surface area (Å²) in [6.07, 6.45) is 12.1. The quantitative estimate of drug-likeness (QED) is 0.762. The number of rotatable bonds is 2. The number of hydrogen-bond acceptors (Lipinski definition) is 1. The van der Waals surface area contributed by atoms with E-state index < -0.39 is 0 Å². The van der Waals surface area contributed by atoms with Crippen molar-refractivity contribution in [2.75, 3.05) is 0 Å². The van der Waals surface area contributed by atoms with Gasteiger partial charge in [0, 0.05) is 0 Å². The maximum absolute atomic E-state index is 9.37. The first-order valence-corrected chi connectivity index (χ1v) is 8.21. The molecule has 0 radical (unpaired) electrons. The summed E-state index contributed by atoms with van der Waals surface area (Å²) in [6.45, 7) is 2.40. The van der Waals surface area contributed by atoms with Crippen LogP contribution in [0.15, 0.2) is 30.3 Å². The summed E-state index contributed by atoms with van der Waals surface area (Å²) in [6, 6.07) is 7.68. The highest BCUT2D eigenvalue weighted by molar-refractivity contribution is 5.66. The van der Waals surface area contributed by atoms with Gasteiger partial charge >= 0.3 is 0 Å². The van der Waals surface area contributed by atoms with E-state index >= 15 is 0 Å². The maximum Gasteiger partial charge on any atom is 0.115 e. The van der Waals surface area contributed by atoms with Crippen LogP contribution in [-0.4, -0.2) is 5.11 Å². The molecule has 0 saturated heterocycles. The van der Waals surface area contributed by atoms with Crippen molar-refractivity contribution in [1.82, 2.24) is 0 Å². The molecule has 1 aromatic rings. The van der Waals surface area contributed by atoms with Gasteiger partial charge in [-0.1, -0.05) is 38.0 Å². The van der Waals surface area contributed by atoms with Crippen LogP contribution >= 0.6 is 0 Å². The lowest BCUT2D eigenvalue weighted by Crippen LogP contribution is -2.22. The van der Waals surface area contributed by atoms with Crippen LogP contribution in [0.1, 0.15) is 57.4 Å². The summed E-state index contributed by atoms with van der Waals surface area (Å²) >= 11 is 0. The van der Waals surface area contributed by atoms with Crippen LogP contribution < -0.4 is 0 Å². The average molecular weight is 270 g/mol. The summed E-state index contributed by atoms with van der Waals surface area (Å²) < 4.78 is 0. The van der Waals surface area contributed by atoms with E-state index in [9.17, 15) is 5.11 Å². The monoisotopic (exact) mass is 270 g/mol. The fourth-order valence-corrected chi connectivity index (χ4v) is 3.98. The molecule has 1 N–H and O–H groups in total. The second-order valence-electron chi connectivity index (χ2n) is 6.83. The van der Waals surface area contributed by atoms with Gasteiger partial charge in [0.2, 0.25) is 0 Å².